The largest absolute Gasteiger partial charge is 0.454 e. The zero-order valence-electron chi connectivity index (χ0n) is 17.1. The molecule has 0 bridgehead atoms. The summed E-state index contributed by atoms with van der Waals surface area (Å²) in [6.45, 7) is 0.476. The van der Waals surface area contributed by atoms with Crippen LogP contribution in [-0.4, -0.2) is 25.2 Å². The van der Waals surface area contributed by atoms with E-state index in [4.69, 9.17) is 14.7 Å². The fraction of sp³-hybridized carbons (Fsp3) is 0.125. The van der Waals surface area contributed by atoms with Crippen LogP contribution < -0.4 is 25.4 Å². The molecule has 4 rings (SSSR count). The molecule has 3 aromatic carbocycles. The van der Waals surface area contributed by atoms with E-state index in [0.717, 1.165) is 5.56 Å². The first-order valence-electron chi connectivity index (χ1n) is 9.92. The molecule has 0 aromatic heterocycles. The van der Waals surface area contributed by atoms with Crippen molar-refractivity contribution in [1.82, 2.24) is 5.32 Å². The number of rotatable bonds is 7. The van der Waals surface area contributed by atoms with Crippen LogP contribution in [0.5, 0.6) is 11.5 Å². The predicted octanol–water partition coefficient (Wildman–Crippen LogP) is 3.27. The van der Waals surface area contributed by atoms with Gasteiger partial charge < -0.3 is 25.4 Å². The lowest BCUT2D eigenvalue weighted by atomic mass is 10.1. The molecule has 8 heteroatoms. The SMILES string of the molecule is N#Cc1cccc(NC(=O)CNc2ccccc2C(=O)NCc2ccc3c(c2)OCO3)c1. The first-order valence-corrected chi connectivity index (χ1v) is 9.92. The van der Waals surface area contributed by atoms with Gasteiger partial charge in [-0.2, -0.15) is 5.26 Å². The number of carbonyl (C=O) groups is 2. The Balaban J connectivity index is 1.35. The summed E-state index contributed by atoms with van der Waals surface area (Å²) in [5.41, 5.74) is 2.84. The molecule has 1 aliphatic rings. The second kappa shape index (κ2) is 9.53. The van der Waals surface area contributed by atoms with Crippen LogP contribution in [0.15, 0.2) is 66.7 Å². The molecule has 0 aliphatic carbocycles. The molecule has 0 atom stereocenters. The molecule has 1 aliphatic heterocycles. The van der Waals surface area contributed by atoms with Gasteiger partial charge in [-0.05, 0) is 48.0 Å². The third-order valence-corrected chi connectivity index (χ3v) is 4.78. The molecule has 0 saturated carbocycles. The topological polar surface area (TPSA) is 112 Å². The number of benzene rings is 3. The van der Waals surface area contributed by atoms with E-state index in [9.17, 15) is 9.59 Å². The van der Waals surface area contributed by atoms with Crippen LogP contribution in [0.4, 0.5) is 11.4 Å². The van der Waals surface area contributed by atoms with Crippen molar-refractivity contribution in [3.63, 3.8) is 0 Å². The molecule has 32 heavy (non-hydrogen) atoms. The molecule has 160 valence electrons. The zero-order valence-corrected chi connectivity index (χ0v) is 17.1. The number of nitrogens with one attached hydrogen (secondary N) is 3. The van der Waals surface area contributed by atoms with Gasteiger partial charge in [-0.3, -0.25) is 9.59 Å². The third kappa shape index (κ3) is 4.96. The van der Waals surface area contributed by atoms with Crippen molar-refractivity contribution in [2.24, 2.45) is 0 Å². The smallest absolute Gasteiger partial charge is 0.253 e. The van der Waals surface area contributed by atoms with Crippen LogP contribution in [-0.2, 0) is 11.3 Å². The Morgan fingerprint density at radius 3 is 2.69 bits per heavy atom. The van der Waals surface area contributed by atoms with Gasteiger partial charge in [0.15, 0.2) is 11.5 Å². The Morgan fingerprint density at radius 2 is 1.81 bits per heavy atom. The van der Waals surface area contributed by atoms with Gasteiger partial charge >= 0.3 is 0 Å². The average Bonchev–Trinajstić information content (AvgIpc) is 3.29. The van der Waals surface area contributed by atoms with Gasteiger partial charge in [-0.1, -0.05) is 24.3 Å². The molecule has 2 amide bonds. The van der Waals surface area contributed by atoms with E-state index in [1.54, 1.807) is 48.5 Å². The van der Waals surface area contributed by atoms with Crippen LogP contribution in [0, 0.1) is 11.3 Å². The molecule has 3 N–H and O–H groups in total. The summed E-state index contributed by atoms with van der Waals surface area (Å²) in [4.78, 5) is 25.0. The number of hydrogen-bond acceptors (Lipinski definition) is 6. The molecule has 3 aromatic rings. The summed E-state index contributed by atoms with van der Waals surface area (Å²) in [6.07, 6.45) is 0. The Bertz CT molecular complexity index is 1200. The lowest BCUT2D eigenvalue weighted by Gasteiger charge is -2.13. The Kier molecular flexibility index (Phi) is 6.18. The van der Waals surface area contributed by atoms with Gasteiger partial charge in [0.05, 0.1) is 23.7 Å². The number of para-hydroxylation sites is 1. The second-order valence-electron chi connectivity index (χ2n) is 7.01. The molecule has 0 radical (unpaired) electrons. The zero-order chi connectivity index (χ0) is 22.3. The van der Waals surface area contributed by atoms with E-state index in [1.165, 1.54) is 0 Å². The fourth-order valence-electron chi connectivity index (χ4n) is 3.21. The molecule has 8 nitrogen and oxygen atoms in total. The first kappa shape index (κ1) is 20.8. The monoisotopic (exact) mass is 428 g/mol. The van der Waals surface area contributed by atoms with Crippen LogP contribution in [0.2, 0.25) is 0 Å². The number of nitriles is 1. The second-order valence-corrected chi connectivity index (χ2v) is 7.01. The van der Waals surface area contributed by atoms with Crippen LogP contribution in [0.3, 0.4) is 0 Å². The van der Waals surface area contributed by atoms with E-state index in [2.05, 4.69) is 16.0 Å². The highest BCUT2D eigenvalue weighted by molar-refractivity contribution is 6.00. The van der Waals surface area contributed by atoms with Gasteiger partial charge in [0, 0.05) is 17.9 Å². The van der Waals surface area contributed by atoms with Crippen molar-refractivity contribution in [3.8, 4) is 17.6 Å². The highest BCUT2D eigenvalue weighted by Crippen LogP contribution is 2.32. The maximum absolute atomic E-state index is 12.7. The Hall–Kier alpha value is -4.51. The lowest BCUT2D eigenvalue weighted by Crippen LogP contribution is -2.26. The van der Waals surface area contributed by atoms with Gasteiger partial charge in [-0.15, -0.1) is 0 Å². The molecule has 0 fully saturated rings. The molecular weight excluding hydrogens is 408 g/mol. The number of anilines is 2. The molecule has 0 saturated heterocycles. The summed E-state index contributed by atoms with van der Waals surface area (Å²) in [7, 11) is 0. The molecule has 0 spiro atoms. The molecular formula is C24H20N4O4. The average molecular weight is 428 g/mol. The summed E-state index contributed by atoms with van der Waals surface area (Å²) in [5, 5.41) is 17.6. The van der Waals surface area contributed by atoms with Crippen LogP contribution >= 0.6 is 0 Å². The maximum Gasteiger partial charge on any atom is 0.253 e. The van der Waals surface area contributed by atoms with E-state index >= 15 is 0 Å². The minimum Gasteiger partial charge on any atom is -0.454 e. The number of ether oxygens (including phenoxy) is 2. The molecule has 0 unspecified atom stereocenters. The van der Waals surface area contributed by atoms with Gasteiger partial charge in [0.25, 0.3) is 5.91 Å². The third-order valence-electron chi connectivity index (χ3n) is 4.78. The van der Waals surface area contributed by atoms with E-state index in [0.29, 0.717) is 40.5 Å². The van der Waals surface area contributed by atoms with Gasteiger partial charge in [-0.25, -0.2) is 0 Å². The van der Waals surface area contributed by atoms with E-state index in [-0.39, 0.29) is 25.2 Å². The van der Waals surface area contributed by atoms with E-state index in [1.807, 2.05) is 24.3 Å². The summed E-state index contributed by atoms with van der Waals surface area (Å²) < 4.78 is 10.7. The van der Waals surface area contributed by atoms with Crippen molar-refractivity contribution < 1.29 is 19.1 Å². The summed E-state index contributed by atoms with van der Waals surface area (Å²) in [6, 6.07) is 21.2. The predicted molar refractivity (Wildman–Crippen MR) is 118 cm³/mol. The van der Waals surface area contributed by atoms with Crippen molar-refractivity contribution in [2.45, 2.75) is 6.54 Å². The number of amides is 2. The minimum absolute atomic E-state index is 0.0385. The normalized spacial score (nSPS) is 11.3. The maximum atomic E-state index is 12.7. The van der Waals surface area contributed by atoms with Crippen molar-refractivity contribution in [2.75, 3.05) is 24.0 Å². The molecule has 1 heterocycles. The highest BCUT2D eigenvalue weighted by atomic mass is 16.7. The lowest BCUT2D eigenvalue weighted by molar-refractivity contribution is -0.114. The fourth-order valence-corrected chi connectivity index (χ4v) is 3.21. The minimum atomic E-state index is -0.296. The van der Waals surface area contributed by atoms with Gasteiger partial charge in [0.1, 0.15) is 0 Å². The van der Waals surface area contributed by atoms with Crippen molar-refractivity contribution >= 4 is 23.2 Å². The summed E-state index contributed by atoms with van der Waals surface area (Å²) in [5.74, 6) is 0.779. The van der Waals surface area contributed by atoms with Crippen LogP contribution in [0.25, 0.3) is 0 Å². The Morgan fingerprint density at radius 1 is 0.969 bits per heavy atom. The number of fused-ring (bicyclic) bond motifs is 1. The number of hydrogen-bond donors (Lipinski definition) is 3. The highest BCUT2D eigenvalue weighted by Gasteiger charge is 2.15. The van der Waals surface area contributed by atoms with Gasteiger partial charge in [0.2, 0.25) is 12.7 Å². The summed E-state index contributed by atoms with van der Waals surface area (Å²) >= 11 is 0. The quantitative estimate of drug-likeness (QED) is 0.532. The number of nitrogens with zero attached hydrogens (tertiary/aromatic N) is 1. The van der Waals surface area contributed by atoms with Crippen molar-refractivity contribution in [3.05, 3.63) is 83.4 Å². The standard InChI is InChI=1S/C24H20N4O4/c25-12-16-4-3-5-18(10-16)28-23(29)14-26-20-7-2-1-6-19(20)24(30)27-13-17-8-9-21-22(11-17)32-15-31-21/h1-11,26H,13-15H2,(H,27,30)(H,28,29). The van der Waals surface area contributed by atoms with Crippen molar-refractivity contribution in [1.29, 1.82) is 5.26 Å². The number of carbonyl (C=O) groups excluding carboxylic acids is 2. The first-order chi connectivity index (χ1) is 15.6. The van der Waals surface area contributed by atoms with Crippen LogP contribution in [0.1, 0.15) is 21.5 Å². The van der Waals surface area contributed by atoms with E-state index < -0.39 is 0 Å². The Labute approximate surface area is 184 Å².